The van der Waals surface area contributed by atoms with E-state index >= 15 is 0 Å². The summed E-state index contributed by atoms with van der Waals surface area (Å²) in [4.78, 5) is 2.33. The molecule has 1 aliphatic heterocycles. The van der Waals surface area contributed by atoms with E-state index in [0.717, 1.165) is 42.5 Å². The summed E-state index contributed by atoms with van der Waals surface area (Å²) >= 11 is 3.61. The van der Waals surface area contributed by atoms with Gasteiger partial charge in [0.15, 0.2) is 11.5 Å². The molecule has 1 saturated heterocycles. The standard InChI is InChI=1S/C16H24BrNO4/c1-20-11-16(19)6-8-18(9-7-16)10-12-4-5-13(21-2)15(22-3)14(12)17/h4-5,19H,6-11H2,1-3H3. The van der Waals surface area contributed by atoms with Gasteiger partial charge in [0.1, 0.15) is 0 Å². The molecule has 1 heterocycles. The second kappa shape index (κ2) is 7.64. The molecule has 5 nitrogen and oxygen atoms in total. The van der Waals surface area contributed by atoms with Crippen molar-refractivity contribution in [3.05, 3.63) is 22.2 Å². The van der Waals surface area contributed by atoms with Gasteiger partial charge in [-0.25, -0.2) is 0 Å². The van der Waals surface area contributed by atoms with E-state index < -0.39 is 5.60 Å². The first-order valence-electron chi connectivity index (χ1n) is 7.36. The van der Waals surface area contributed by atoms with Crippen LogP contribution in [0, 0.1) is 0 Å². The Hall–Kier alpha value is -0.820. The second-order valence-corrected chi connectivity index (χ2v) is 6.50. The molecule has 1 aliphatic rings. The lowest BCUT2D eigenvalue weighted by molar-refractivity contribution is -0.0719. The van der Waals surface area contributed by atoms with Gasteiger partial charge >= 0.3 is 0 Å². The zero-order valence-corrected chi connectivity index (χ0v) is 15.0. The van der Waals surface area contributed by atoms with E-state index in [1.54, 1.807) is 21.3 Å². The minimum absolute atomic E-state index is 0.404. The first kappa shape index (κ1) is 17.5. The molecule has 0 unspecified atom stereocenters. The third-order valence-electron chi connectivity index (χ3n) is 4.16. The van der Waals surface area contributed by atoms with Crippen LogP contribution < -0.4 is 9.47 Å². The number of hydrogen-bond acceptors (Lipinski definition) is 5. The van der Waals surface area contributed by atoms with E-state index in [0.29, 0.717) is 18.1 Å². The van der Waals surface area contributed by atoms with Gasteiger partial charge < -0.3 is 19.3 Å². The number of nitrogens with zero attached hydrogens (tertiary/aromatic N) is 1. The van der Waals surface area contributed by atoms with Gasteiger partial charge in [-0.15, -0.1) is 0 Å². The Bertz CT molecular complexity index is 501. The van der Waals surface area contributed by atoms with Crippen LogP contribution in [0.15, 0.2) is 16.6 Å². The first-order valence-corrected chi connectivity index (χ1v) is 8.15. The van der Waals surface area contributed by atoms with E-state index in [-0.39, 0.29) is 0 Å². The summed E-state index contributed by atoms with van der Waals surface area (Å²) in [6, 6.07) is 3.96. The summed E-state index contributed by atoms with van der Waals surface area (Å²) in [5.41, 5.74) is 0.468. The Labute approximate surface area is 140 Å². The van der Waals surface area contributed by atoms with Crippen LogP contribution in [0.1, 0.15) is 18.4 Å². The number of benzene rings is 1. The van der Waals surface area contributed by atoms with Crippen molar-refractivity contribution >= 4 is 15.9 Å². The molecule has 0 radical (unpaired) electrons. The molecule has 6 heteroatoms. The number of halogens is 1. The Kier molecular flexibility index (Phi) is 6.09. The molecule has 2 rings (SSSR count). The van der Waals surface area contributed by atoms with Crippen LogP contribution in [0.25, 0.3) is 0 Å². The molecule has 0 aliphatic carbocycles. The van der Waals surface area contributed by atoms with Crippen LogP contribution in [0.2, 0.25) is 0 Å². The minimum Gasteiger partial charge on any atom is -0.493 e. The summed E-state index contributed by atoms with van der Waals surface area (Å²) < 4.78 is 16.7. The van der Waals surface area contributed by atoms with Crippen LogP contribution in [-0.2, 0) is 11.3 Å². The third-order valence-corrected chi connectivity index (χ3v) is 5.03. The van der Waals surface area contributed by atoms with Gasteiger partial charge in [-0.3, -0.25) is 4.90 Å². The molecule has 22 heavy (non-hydrogen) atoms. The predicted octanol–water partition coefficient (Wildman–Crippen LogP) is 2.44. The Morgan fingerprint density at radius 1 is 1.18 bits per heavy atom. The van der Waals surface area contributed by atoms with Gasteiger partial charge in [0.05, 0.1) is 30.9 Å². The fourth-order valence-electron chi connectivity index (χ4n) is 2.83. The lowest BCUT2D eigenvalue weighted by Crippen LogP contribution is -2.46. The highest BCUT2D eigenvalue weighted by atomic mass is 79.9. The quantitative estimate of drug-likeness (QED) is 0.829. The molecule has 0 saturated carbocycles. The van der Waals surface area contributed by atoms with Gasteiger partial charge in [-0.2, -0.15) is 0 Å². The average Bonchev–Trinajstić information content (AvgIpc) is 2.51. The SMILES string of the molecule is COCC1(O)CCN(Cc2ccc(OC)c(OC)c2Br)CC1. The summed E-state index contributed by atoms with van der Waals surface area (Å²) in [5.74, 6) is 1.43. The fraction of sp³-hybridized carbons (Fsp3) is 0.625. The molecular formula is C16H24BrNO4. The molecule has 1 aromatic carbocycles. The largest absolute Gasteiger partial charge is 0.493 e. The van der Waals surface area contributed by atoms with E-state index in [1.807, 2.05) is 12.1 Å². The maximum atomic E-state index is 10.4. The van der Waals surface area contributed by atoms with Gasteiger partial charge in [-0.1, -0.05) is 6.07 Å². The van der Waals surface area contributed by atoms with Gasteiger partial charge in [-0.05, 0) is 40.4 Å². The molecule has 0 spiro atoms. The van der Waals surface area contributed by atoms with Gasteiger partial charge in [0.25, 0.3) is 0 Å². The van der Waals surface area contributed by atoms with Gasteiger partial charge in [0.2, 0.25) is 0 Å². The summed E-state index contributed by atoms with van der Waals surface area (Å²) in [7, 11) is 4.90. The van der Waals surface area contributed by atoms with Crippen LogP contribution >= 0.6 is 15.9 Å². The third kappa shape index (κ3) is 3.93. The number of likely N-dealkylation sites (tertiary alicyclic amines) is 1. The van der Waals surface area contributed by atoms with Crippen molar-refractivity contribution in [1.29, 1.82) is 0 Å². The molecule has 1 aromatic rings. The van der Waals surface area contributed by atoms with Gasteiger partial charge in [0, 0.05) is 26.7 Å². The average molecular weight is 374 g/mol. The molecule has 1 fully saturated rings. The number of aliphatic hydroxyl groups is 1. The molecular weight excluding hydrogens is 350 g/mol. The lowest BCUT2D eigenvalue weighted by atomic mass is 9.92. The van der Waals surface area contributed by atoms with Crippen molar-refractivity contribution < 1.29 is 19.3 Å². The summed E-state index contributed by atoms with van der Waals surface area (Å²) in [5, 5.41) is 10.4. The smallest absolute Gasteiger partial charge is 0.175 e. The number of methoxy groups -OCH3 is 3. The molecule has 0 amide bonds. The second-order valence-electron chi connectivity index (χ2n) is 5.71. The fourth-order valence-corrected chi connectivity index (χ4v) is 3.45. The maximum absolute atomic E-state index is 10.4. The highest BCUT2D eigenvalue weighted by Gasteiger charge is 2.32. The van der Waals surface area contributed by atoms with Crippen LogP contribution in [0.5, 0.6) is 11.5 Å². The molecule has 124 valence electrons. The van der Waals surface area contributed by atoms with Crippen molar-refractivity contribution in [3.8, 4) is 11.5 Å². The zero-order chi connectivity index (χ0) is 16.2. The summed E-state index contributed by atoms with van der Waals surface area (Å²) in [6.45, 7) is 2.91. The number of hydrogen-bond donors (Lipinski definition) is 1. The van der Waals surface area contributed by atoms with Crippen LogP contribution in [0.3, 0.4) is 0 Å². The van der Waals surface area contributed by atoms with Crippen molar-refractivity contribution in [2.75, 3.05) is 41.0 Å². The monoisotopic (exact) mass is 373 g/mol. The zero-order valence-electron chi connectivity index (χ0n) is 13.4. The van der Waals surface area contributed by atoms with E-state index in [9.17, 15) is 5.11 Å². The minimum atomic E-state index is -0.680. The Balaban J connectivity index is 2.04. The molecule has 0 atom stereocenters. The normalized spacial score (nSPS) is 18.2. The number of piperidine rings is 1. The Morgan fingerprint density at radius 2 is 1.86 bits per heavy atom. The summed E-state index contributed by atoms with van der Waals surface area (Å²) in [6.07, 6.45) is 1.46. The van der Waals surface area contributed by atoms with Crippen molar-refractivity contribution in [2.45, 2.75) is 25.0 Å². The molecule has 0 aromatic heterocycles. The van der Waals surface area contributed by atoms with Crippen LogP contribution in [0.4, 0.5) is 0 Å². The highest BCUT2D eigenvalue weighted by molar-refractivity contribution is 9.10. The first-order chi connectivity index (χ1) is 10.5. The van der Waals surface area contributed by atoms with Crippen molar-refractivity contribution in [2.24, 2.45) is 0 Å². The topological polar surface area (TPSA) is 51.2 Å². The molecule has 1 N–H and O–H groups in total. The van der Waals surface area contributed by atoms with Crippen molar-refractivity contribution in [3.63, 3.8) is 0 Å². The van der Waals surface area contributed by atoms with Crippen molar-refractivity contribution in [1.82, 2.24) is 4.90 Å². The predicted molar refractivity (Wildman–Crippen MR) is 88.6 cm³/mol. The number of ether oxygens (including phenoxy) is 3. The Morgan fingerprint density at radius 3 is 2.41 bits per heavy atom. The lowest BCUT2D eigenvalue weighted by Gasteiger charge is -2.37. The number of rotatable bonds is 6. The van der Waals surface area contributed by atoms with E-state index in [2.05, 4.69) is 20.8 Å². The highest BCUT2D eigenvalue weighted by Crippen LogP contribution is 2.38. The van der Waals surface area contributed by atoms with Crippen LogP contribution in [-0.4, -0.2) is 56.6 Å². The van der Waals surface area contributed by atoms with E-state index in [4.69, 9.17) is 14.2 Å². The molecule has 0 bridgehead atoms. The van der Waals surface area contributed by atoms with E-state index in [1.165, 1.54) is 0 Å². The maximum Gasteiger partial charge on any atom is 0.175 e.